The van der Waals surface area contributed by atoms with Crippen molar-refractivity contribution in [1.82, 2.24) is 14.9 Å². The van der Waals surface area contributed by atoms with Crippen molar-refractivity contribution in [2.75, 3.05) is 41.8 Å². The van der Waals surface area contributed by atoms with Crippen LogP contribution < -0.4 is 20.3 Å². The van der Waals surface area contributed by atoms with E-state index in [1.54, 1.807) is 56.0 Å². The number of amides is 3. The molecule has 0 unspecified atom stereocenters. The fraction of sp³-hybridized carbons (Fsp3) is 0.379. The monoisotopic (exact) mass is 602 g/mol. The van der Waals surface area contributed by atoms with E-state index in [0.29, 0.717) is 30.3 Å². The zero-order valence-corrected chi connectivity index (χ0v) is 24.1. The van der Waals surface area contributed by atoms with Gasteiger partial charge in [0.2, 0.25) is 5.88 Å². The fourth-order valence-corrected chi connectivity index (χ4v) is 4.37. The normalized spacial score (nSPS) is 15.6. The molecule has 1 aromatic heterocycles. The molecule has 3 amide bonds. The lowest BCUT2D eigenvalue weighted by atomic mass is 10.1. The second-order valence-corrected chi connectivity index (χ2v) is 10.9. The number of anilines is 3. The van der Waals surface area contributed by atoms with E-state index in [1.165, 1.54) is 25.4 Å². The summed E-state index contributed by atoms with van der Waals surface area (Å²) >= 11 is 0. The highest BCUT2D eigenvalue weighted by atomic mass is 19.4. The number of carbonyl (C=O) groups excluding carboxylic acids is 2. The number of halogens is 3. The van der Waals surface area contributed by atoms with Crippen LogP contribution >= 0.6 is 0 Å². The van der Waals surface area contributed by atoms with Gasteiger partial charge in [0.1, 0.15) is 23.5 Å². The van der Waals surface area contributed by atoms with Crippen LogP contribution in [0.3, 0.4) is 0 Å². The Balaban J connectivity index is 1.35. The molecule has 2 aromatic carbocycles. The number of aromatic nitrogens is 2. The molecule has 0 saturated carbocycles. The summed E-state index contributed by atoms with van der Waals surface area (Å²) in [6, 6.07) is 10.3. The first-order chi connectivity index (χ1) is 20.2. The molecule has 230 valence electrons. The van der Waals surface area contributed by atoms with Crippen molar-refractivity contribution in [3.05, 3.63) is 66.0 Å². The number of ether oxygens (including phenoxy) is 2. The number of hydrogen-bond donors (Lipinski definition) is 3. The summed E-state index contributed by atoms with van der Waals surface area (Å²) in [5, 5.41) is 15.0. The van der Waals surface area contributed by atoms with Crippen molar-refractivity contribution in [2.45, 2.75) is 45.5 Å². The lowest BCUT2D eigenvalue weighted by Gasteiger charge is -2.41. The van der Waals surface area contributed by atoms with E-state index < -0.39 is 35.5 Å². The summed E-state index contributed by atoms with van der Waals surface area (Å²) in [6.07, 6.45) is -3.65. The SMILES string of the molecule is Cc1ccc(NC(=O)Nc2ccc(Oc3cc(N4CCN(C(=O)OC(C)(C)C)C[C@H]4CO)ncn3)cc2)cc1C(F)(F)F. The van der Waals surface area contributed by atoms with Gasteiger partial charge < -0.3 is 35.0 Å². The van der Waals surface area contributed by atoms with Gasteiger partial charge in [-0.25, -0.2) is 19.6 Å². The number of urea groups is 1. The van der Waals surface area contributed by atoms with Crippen molar-refractivity contribution in [2.24, 2.45) is 0 Å². The first-order valence-electron chi connectivity index (χ1n) is 13.4. The van der Waals surface area contributed by atoms with Crippen LogP contribution in [0.2, 0.25) is 0 Å². The molecule has 0 aliphatic carbocycles. The zero-order chi connectivity index (χ0) is 31.4. The lowest BCUT2D eigenvalue weighted by molar-refractivity contribution is -0.138. The van der Waals surface area contributed by atoms with Gasteiger partial charge >= 0.3 is 18.3 Å². The Bertz CT molecular complexity index is 1450. The topological polar surface area (TPSA) is 129 Å². The molecule has 14 heteroatoms. The molecule has 1 saturated heterocycles. The molecule has 3 N–H and O–H groups in total. The van der Waals surface area contributed by atoms with E-state index in [0.717, 1.165) is 6.07 Å². The first kappa shape index (κ1) is 31.3. The van der Waals surface area contributed by atoms with Crippen LogP contribution in [-0.4, -0.2) is 70.0 Å². The molecule has 1 fully saturated rings. The van der Waals surface area contributed by atoms with Crippen molar-refractivity contribution >= 4 is 29.3 Å². The van der Waals surface area contributed by atoms with Crippen molar-refractivity contribution in [1.29, 1.82) is 0 Å². The van der Waals surface area contributed by atoms with Gasteiger partial charge in [0.15, 0.2) is 0 Å². The summed E-state index contributed by atoms with van der Waals surface area (Å²) < 4.78 is 50.8. The highest BCUT2D eigenvalue weighted by Gasteiger charge is 2.33. The number of benzene rings is 2. The molecule has 4 rings (SSSR count). The summed E-state index contributed by atoms with van der Waals surface area (Å²) in [6.45, 7) is 7.54. The van der Waals surface area contributed by atoms with Crippen LogP contribution in [0, 0.1) is 6.92 Å². The molecule has 2 heterocycles. The van der Waals surface area contributed by atoms with Gasteiger partial charge in [0, 0.05) is 37.1 Å². The molecule has 1 atom stereocenters. The van der Waals surface area contributed by atoms with Crippen LogP contribution in [0.4, 0.5) is 40.0 Å². The van der Waals surface area contributed by atoms with E-state index >= 15 is 0 Å². The van der Waals surface area contributed by atoms with E-state index in [4.69, 9.17) is 9.47 Å². The zero-order valence-electron chi connectivity index (χ0n) is 24.1. The molecule has 3 aromatic rings. The number of carbonyl (C=O) groups is 2. The number of hydrogen-bond acceptors (Lipinski definition) is 8. The standard InChI is InChI=1S/C29H33F3N6O5/c1-18-5-6-20(13-23(18)29(30,31)32)36-26(40)35-19-7-9-22(10-8-19)42-25-14-24(33-17-34-25)38-12-11-37(15-21(38)16-39)27(41)43-28(2,3)4/h5-10,13-14,17,21,39H,11-12,15-16H2,1-4H3,(H2,35,36,40)/t21-/m0/s1. The summed E-state index contributed by atoms with van der Waals surface area (Å²) in [5.41, 5.74) is -1.02. The smallest absolute Gasteiger partial charge is 0.416 e. The Kier molecular flexibility index (Phi) is 9.28. The molecular formula is C29H33F3N6O5. The Labute approximate surface area is 246 Å². The van der Waals surface area contributed by atoms with Gasteiger partial charge in [0.05, 0.1) is 18.2 Å². The maximum absolute atomic E-state index is 13.2. The fourth-order valence-electron chi connectivity index (χ4n) is 4.37. The Hall–Kier alpha value is -4.59. The Morgan fingerprint density at radius 2 is 1.67 bits per heavy atom. The number of nitrogens with one attached hydrogen (secondary N) is 2. The predicted molar refractivity (Wildman–Crippen MR) is 153 cm³/mol. The van der Waals surface area contributed by atoms with Gasteiger partial charge in [-0.15, -0.1) is 0 Å². The van der Waals surface area contributed by atoms with E-state index in [9.17, 15) is 27.9 Å². The minimum absolute atomic E-state index is 0.00429. The third-order valence-electron chi connectivity index (χ3n) is 6.40. The second-order valence-electron chi connectivity index (χ2n) is 10.9. The van der Waals surface area contributed by atoms with Crippen molar-refractivity contribution in [3.63, 3.8) is 0 Å². The van der Waals surface area contributed by atoms with Crippen LogP contribution in [0.15, 0.2) is 54.9 Å². The maximum Gasteiger partial charge on any atom is 0.416 e. The number of aryl methyl sites for hydroxylation is 1. The molecule has 11 nitrogen and oxygen atoms in total. The molecule has 0 radical (unpaired) electrons. The van der Waals surface area contributed by atoms with Gasteiger partial charge in [-0.1, -0.05) is 6.07 Å². The number of aliphatic hydroxyl groups is 1. The molecule has 0 spiro atoms. The minimum Gasteiger partial charge on any atom is -0.444 e. The van der Waals surface area contributed by atoms with Gasteiger partial charge in [-0.3, -0.25) is 0 Å². The van der Waals surface area contributed by atoms with Crippen molar-refractivity contribution in [3.8, 4) is 11.6 Å². The second kappa shape index (κ2) is 12.7. The highest BCUT2D eigenvalue weighted by molar-refractivity contribution is 5.99. The van der Waals surface area contributed by atoms with Crippen LogP contribution in [-0.2, 0) is 10.9 Å². The summed E-state index contributed by atoms with van der Waals surface area (Å²) in [4.78, 5) is 36.7. The number of nitrogens with zero attached hydrogens (tertiary/aromatic N) is 4. The van der Waals surface area contributed by atoms with Crippen molar-refractivity contribution < 1.29 is 37.3 Å². The molecular weight excluding hydrogens is 569 g/mol. The summed E-state index contributed by atoms with van der Waals surface area (Å²) in [7, 11) is 0. The summed E-state index contributed by atoms with van der Waals surface area (Å²) in [5.74, 6) is 1.14. The number of piperazine rings is 1. The number of alkyl halides is 3. The third-order valence-corrected chi connectivity index (χ3v) is 6.40. The van der Waals surface area contributed by atoms with Crippen LogP contribution in [0.25, 0.3) is 0 Å². The third kappa shape index (κ3) is 8.47. The van der Waals surface area contributed by atoms with Gasteiger partial charge in [-0.05, 0) is 69.7 Å². The van der Waals surface area contributed by atoms with E-state index in [2.05, 4.69) is 20.6 Å². The van der Waals surface area contributed by atoms with Gasteiger partial charge in [0.25, 0.3) is 0 Å². The minimum atomic E-state index is -4.53. The molecule has 1 aliphatic heterocycles. The quantitative estimate of drug-likeness (QED) is 0.330. The lowest BCUT2D eigenvalue weighted by Crippen LogP contribution is -2.57. The van der Waals surface area contributed by atoms with Crippen LogP contribution in [0.5, 0.6) is 11.6 Å². The molecule has 1 aliphatic rings. The molecule has 0 bridgehead atoms. The number of rotatable bonds is 6. The first-order valence-corrected chi connectivity index (χ1v) is 13.4. The van der Waals surface area contributed by atoms with Gasteiger partial charge in [-0.2, -0.15) is 13.2 Å². The highest BCUT2D eigenvalue weighted by Crippen LogP contribution is 2.33. The van der Waals surface area contributed by atoms with Crippen LogP contribution in [0.1, 0.15) is 31.9 Å². The van der Waals surface area contributed by atoms with E-state index in [-0.39, 0.29) is 30.3 Å². The number of aliphatic hydroxyl groups excluding tert-OH is 1. The van der Waals surface area contributed by atoms with E-state index in [1.807, 2.05) is 4.90 Å². The Morgan fingerprint density at radius 1 is 1.00 bits per heavy atom. The average Bonchev–Trinajstić information content (AvgIpc) is 2.93. The average molecular weight is 603 g/mol. The molecule has 43 heavy (non-hydrogen) atoms. The predicted octanol–water partition coefficient (Wildman–Crippen LogP) is 5.66. The Morgan fingerprint density at radius 3 is 2.33 bits per heavy atom. The largest absolute Gasteiger partial charge is 0.444 e. The maximum atomic E-state index is 13.2.